The van der Waals surface area contributed by atoms with E-state index in [2.05, 4.69) is 20.8 Å². The number of benzene rings is 2. The highest BCUT2D eigenvalue weighted by Gasteiger charge is 2.18. The standard InChI is InChI=1S/C19H18N4O4S2/c24-16(11-12-20-18(25)14-7-3-1-4-8-14)21-19-23-22-17(28-19)13-29(26,27)15-9-5-2-6-10-15/h1-10H,11-13H2,(H,20,25)(H,21,23,24). The molecule has 29 heavy (non-hydrogen) atoms. The predicted molar refractivity (Wildman–Crippen MR) is 109 cm³/mol. The molecule has 8 nitrogen and oxygen atoms in total. The highest BCUT2D eigenvalue weighted by Crippen LogP contribution is 2.21. The first-order valence-electron chi connectivity index (χ1n) is 8.67. The predicted octanol–water partition coefficient (Wildman–Crippen LogP) is 2.27. The van der Waals surface area contributed by atoms with Crippen molar-refractivity contribution in [2.45, 2.75) is 17.1 Å². The first-order valence-corrected chi connectivity index (χ1v) is 11.1. The van der Waals surface area contributed by atoms with Crippen LogP contribution in [0.25, 0.3) is 0 Å². The third kappa shape index (κ3) is 5.93. The van der Waals surface area contributed by atoms with E-state index >= 15 is 0 Å². The molecule has 0 aliphatic heterocycles. The monoisotopic (exact) mass is 430 g/mol. The maximum Gasteiger partial charge on any atom is 0.251 e. The van der Waals surface area contributed by atoms with Crippen molar-refractivity contribution in [3.63, 3.8) is 0 Å². The van der Waals surface area contributed by atoms with E-state index in [4.69, 9.17) is 0 Å². The van der Waals surface area contributed by atoms with Gasteiger partial charge in [-0.1, -0.05) is 47.7 Å². The lowest BCUT2D eigenvalue weighted by molar-refractivity contribution is -0.116. The normalized spacial score (nSPS) is 11.0. The molecule has 0 saturated carbocycles. The Labute approximate surface area is 171 Å². The molecule has 2 N–H and O–H groups in total. The number of hydrogen-bond donors (Lipinski definition) is 2. The van der Waals surface area contributed by atoms with Gasteiger partial charge in [-0.2, -0.15) is 0 Å². The van der Waals surface area contributed by atoms with Crippen LogP contribution in [0.15, 0.2) is 65.6 Å². The van der Waals surface area contributed by atoms with E-state index in [-0.39, 0.29) is 45.6 Å². The van der Waals surface area contributed by atoms with Crippen molar-refractivity contribution in [1.29, 1.82) is 0 Å². The van der Waals surface area contributed by atoms with Gasteiger partial charge in [-0.25, -0.2) is 8.42 Å². The summed E-state index contributed by atoms with van der Waals surface area (Å²) in [5, 5.41) is 13.4. The number of nitrogens with one attached hydrogen (secondary N) is 2. The van der Waals surface area contributed by atoms with Crippen molar-refractivity contribution in [2.75, 3.05) is 11.9 Å². The van der Waals surface area contributed by atoms with Gasteiger partial charge in [-0.05, 0) is 24.3 Å². The number of hydrogen-bond acceptors (Lipinski definition) is 7. The Bertz CT molecular complexity index is 1080. The molecule has 0 spiro atoms. The van der Waals surface area contributed by atoms with Crippen molar-refractivity contribution >= 4 is 38.1 Å². The number of anilines is 1. The van der Waals surface area contributed by atoms with Crippen LogP contribution in [-0.2, 0) is 20.4 Å². The smallest absolute Gasteiger partial charge is 0.251 e. The lowest BCUT2D eigenvalue weighted by Crippen LogP contribution is -2.27. The number of amides is 2. The fraction of sp³-hybridized carbons (Fsp3) is 0.158. The Balaban J connectivity index is 1.48. The van der Waals surface area contributed by atoms with Gasteiger partial charge in [0.2, 0.25) is 11.0 Å². The summed E-state index contributed by atoms with van der Waals surface area (Å²) in [4.78, 5) is 24.1. The van der Waals surface area contributed by atoms with E-state index in [1.807, 2.05) is 6.07 Å². The largest absolute Gasteiger partial charge is 0.352 e. The Morgan fingerprint density at radius 1 is 0.931 bits per heavy atom. The van der Waals surface area contributed by atoms with E-state index < -0.39 is 9.84 Å². The molecule has 0 radical (unpaired) electrons. The molecule has 3 rings (SSSR count). The van der Waals surface area contributed by atoms with Crippen LogP contribution in [0.1, 0.15) is 21.8 Å². The van der Waals surface area contributed by atoms with Crippen molar-refractivity contribution < 1.29 is 18.0 Å². The summed E-state index contributed by atoms with van der Waals surface area (Å²) >= 11 is 0.999. The highest BCUT2D eigenvalue weighted by atomic mass is 32.2. The van der Waals surface area contributed by atoms with Gasteiger partial charge < -0.3 is 10.6 Å². The summed E-state index contributed by atoms with van der Waals surface area (Å²) in [5.41, 5.74) is 0.515. The van der Waals surface area contributed by atoms with Gasteiger partial charge in [0, 0.05) is 18.5 Å². The first kappa shape index (κ1) is 20.6. The summed E-state index contributed by atoms with van der Waals surface area (Å²) in [7, 11) is -3.53. The van der Waals surface area contributed by atoms with Crippen LogP contribution in [-0.4, -0.2) is 37.0 Å². The van der Waals surface area contributed by atoms with Crippen molar-refractivity contribution in [1.82, 2.24) is 15.5 Å². The zero-order valence-electron chi connectivity index (χ0n) is 15.2. The Kier molecular flexibility index (Phi) is 6.68. The summed E-state index contributed by atoms with van der Waals surface area (Å²) in [6, 6.07) is 16.8. The van der Waals surface area contributed by atoms with Gasteiger partial charge in [0.05, 0.1) is 4.90 Å². The van der Waals surface area contributed by atoms with Crippen molar-refractivity contribution in [3.8, 4) is 0 Å². The van der Waals surface area contributed by atoms with Gasteiger partial charge in [0.25, 0.3) is 5.91 Å². The molecular weight excluding hydrogens is 412 g/mol. The molecule has 10 heteroatoms. The van der Waals surface area contributed by atoms with Crippen LogP contribution in [0, 0.1) is 0 Å². The lowest BCUT2D eigenvalue weighted by Gasteiger charge is -2.04. The highest BCUT2D eigenvalue weighted by molar-refractivity contribution is 7.90. The quantitative estimate of drug-likeness (QED) is 0.566. The van der Waals surface area contributed by atoms with Gasteiger partial charge >= 0.3 is 0 Å². The number of aromatic nitrogens is 2. The molecule has 3 aromatic rings. The zero-order valence-corrected chi connectivity index (χ0v) is 16.9. The molecule has 0 aliphatic rings. The topological polar surface area (TPSA) is 118 Å². The summed E-state index contributed by atoms with van der Waals surface area (Å²) < 4.78 is 24.7. The minimum atomic E-state index is -3.53. The SMILES string of the molecule is O=C(CCNC(=O)c1ccccc1)Nc1nnc(CS(=O)(=O)c2ccccc2)s1. The zero-order chi connectivity index (χ0) is 20.7. The van der Waals surface area contributed by atoms with Crippen LogP contribution < -0.4 is 10.6 Å². The summed E-state index contributed by atoms with van der Waals surface area (Å²) in [5.74, 6) is -0.910. The second kappa shape index (κ2) is 9.39. The van der Waals surface area contributed by atoms with Crippen molar-refractivity contribution in [2.24, 2.45) is 0 Å². The minimum absolute atomic E-state index is 0.0514. The molecule has 1 heterocycles. The molecular formula is C19H18N4O4S2. The molecule has 0 unspecified atom stereocenters. The molecule has 1 aromatic heterocycles. The molecule has 2 aromatic carbocycles. The number of nitrogens with zero attached hydrogens (tertiary/aromatic N) is 2. The third-order valence-electron chi connectivity index (χ3n) is 3.80. The average molecular weight is 431 g/mol. The lowest BCUT2D eigenvalue weighted by atomic mass is 10.2. The van der Waals surface area contributed by atoms with Gasteiger partial charge in [-0.3, -0.25) is 9.59 Å². The van der Waals surface area contributed by atoms with E-state index in [0.29, 0.717) is 5.56 Å². The number of rotatable bonds is 8. The second-order valence-corrected chi connectivity index (χ2v) is 9.04. The molecule has 0 saturated heterocycles. The van der Waals surface area contributed by atoms with Gasteiger partial charge in [0.15, 0.2) is 9.84 Å². The summed E-state index contributed by atoms with van der Waals surface area (Å²) in [6.07, 6.45) is 0.0514. The van der Waals surface area contributed by atoms with E-state index in [1.165, 1.54) is 12.1 Å². The Morgan fingerprint density at radius 2 is 1.59 bits per heavy atom. The number of carbonyl (C=O) groups excluding carboxylic acids is 2. The fourth-order valence-corrected chi connectivity index (χ4v) is 4.77. The fourth-order valence-electron chi connectivity index (χ4n) is 2.40. The van der Waals surface area contributed by atoms with E-state index in [1.54, 1.807) is 42.5 Å². The Morgan fingerprint density at radius 3 is 2.28 bits per heavy atom. The van der Waals surface area contributed by atoms with E-state index in [9.17, 15) is 18.0 Å². The van der Waals surface area contributed by atoms with Crippen LogP contribution in [0.4, 0.5) is 5.13 Å². The molecule has 2 amide bonds. The molecule has 0 atom stereocenters. The minimum Gasteiger partial charge on any atom is -0.352 e. The van der Waals surface area contributed by atoms with Crippen LogP contribution >= 0.6 is 11.3 Å². The molecule has 0 aliphatic carbocycles. The molecule has 0 fully saturated rings. The molecule has 150 valence electrons. The van der Waals surface area contributed by atoms with Crippen LogP contribution in [0.5, 0.6) is 0 Å². The van der Waals surface area contributed by atoms with Crippen LogP contribution in [0.2, 0.25) is 0 Å². The summed E-state index contributed by atoms with van der Waals surface area (Å²) in [6.45, 7) is 0.160. The van der Waals surface area contributed by atoms with Gasteiger partial charge in [-0.15, -0.1) is 10.2 Å². The number of carbonyl (C=O) groups is 2. The van der Waals surface area contributed by atoms with E-state index in [0.717, 1.165) is 11.3 Å². The maximum atomic E-state index is 12.4. The second-order valence-electron chi connectivity index (χ2n) is 5.99. The van der Waals surface area contributed by atoms with Gasteiger partial charge in [0.1, 0.15) is 10.8 Å². The first-order chi connectivity index (χ1) is 13.9. The third-order valence-corrected chi connectivity index (χ3v) is 6.47. The molecule has 0 bridgehead atoms. The van der Waals surface area contributed by atoms with Crippen LogP contribution in [0.3, 0.4) is 0 Å². The van der Waals surface area contributed by atoms with Crippen molar-refractivity contribution in [3.05, 3.63) is 71.2 Å². The number of sulfone groups is 1. The average Bonchev–Trinajstić information content (AvgIpc) is 3.15. The maximum absolute atomic E-state index is 12.4. The Hall–Kier alpha value is -3.11.